The van der Waals surface area contributed by atoms with Gasteiger partial charge in [-0.05, 0) is 19.0 Å². The lowest BCUT2D eigenvalue weighted by Gasteiger charge is -2.09. The number of methoxy groups -OCH3 is 1. The van der Waals surface area contributed by atoms with Crippen molar-refractivity contribution < 1.29 is 9.84 Å². The molecule has 0 aliphatic rings. The molecular formula is C10H17N3O2. The van der Waals surface area contributed by atoms with Crippen LogP contribution in [0.15, 0.2) is 18.6 Å². The Hall–Kier alpha value is -1.04. The zero-order valence-corrected chi connectivity index (χ0v) is 8.89. The van der Waals surface area contributed by atoms with Gasteiger partial charge in [0.2, 0.25) is 0 Å². The molecule has 0 saturated carbocycles. The van der Waals surface area contributed by atoms with Gasteiger partial charge in [0.25, 0.3) is 0 Å². The number of aliphatic hydroxyl groups excluding tert-OH is 1. The highest BCUT2D eigenvalue weighted by Crippen LogP contribution is 1.92. The van der Waals surface area contributed by atoms with Crippen molar-refractivity contribution in [3.8, 4) is 0 Å². The first kappa shape index (κ1) is 12.0. The lowest BCUT2D eigenvalue weighted by Crippen LogP contribution is -2.23. The van der Waals surface area contributed by atoms with E-state index in [2.05, 4.69) is 15.3 Å². The van der Waals surface area contributed by atoms with Crippen molar-refractivity contribution in [2.75, 3.05) is 20.3 Å². The Morgan fingerprint density at radius 2 is 2.47 bits per heavy atom. The van der Waals surface area contributed by atoms with E-state index in [1.807, 2.05) is 6.07 Å². The van der Waals surface area contributed by atoms with Gasteiger partial charge in [0, 0.05) is 19.9 Å². The number of nitrogens with zero attached hydrogens (tertiary/aromatic N) is 2. The molecule has 5 nitrogen and oxygen atoms in total. The quantitative estimate of drug-likeness (QED) is 0.620. The summed E-state index contributed by atoms with van der Waals surface area (Å²) in [4.78, 5) is 7.90. The zero-order chi connectivity index (χ0) is 10.9. The van der Waals surface area contributed by atoms with Crippen molar-refractivity contribution in [3.63, 3.8) is 0 Å². The van der Waals surface area contributed by atoms with Gasteiger partial charge in [0.1, 0.15) is 6.33 Å². The predicted molar refractivity (Wildman–Crippen MR) is 56.2 cm³/mol. The monoisotopic (exact) mass is 211 g/mol. The molecule has 0 spiro atoms. The van der Waals surface area contributed by atoms with E-state index in [-0.39, 0.29) is 0 Å². The molecule has 0 saturated heterocycles. The summed E-state index contributed by atoms with van der Waals surface area (Å²) >= 11 is 0. The molecule has 0 aliphatic carbocycles. The largest absolute Gasteiger partial charge is 0.391 e. The van der Waals surface area contributed by atoms with Crippen molar-refractivity contribution in [1.29, 1.82) is 0 Å². The fourth-order valence-corrected chi connectivity index (χ4v) is 1.18. The Labute approximate surface area is 89.5 Å². The molecule has 1 aromatic heterocycles. The van der Waals surface area contributed by atoms with Crippen LogP contribution < -0.4 is 5.32 Å². The molecule has 1 heterocycles. The fourth-order valence-electron chi connectivity index (χ4n) is 1.18. The number of ether oxygens (including phenoxy) is 1. The Kier molecular flexibility index (Phi) is 5.84. The maximum Gasteiger partial charge on any atom is 0.115 e. The van der Waals surface area contributed by atoms with E-state index in [4.69, 9.17) is 4.74 Å². The molecule has 0 fully saturated rings. The Balaban J connectivity index is 2.07. The standard InChI is InChI=1S/C10H17N3O2/c1-15-7-10(14)3-5-11-6-9-2-4-12-8-13-9/h2,4,8,10-11,14H,3,5-7H2,1H3. The average molecular weight is 211 g/mol. The van der Waals surface area contributed by atoms with Crippen LogP contribution in [0.4, 0.5) is 0 Å². The molecule has 5 heteroatoms. The number of hydrogen-bond acceptors (Lipinski definition) is 5. The van der Waals surface area contributed by atoms with Crippen LogP contribution in [-0.4, -0.2) is 41.4 Å². The molecule has 0 radical (unpaired) electrons. The second-order valence-corrected chi connectivity index (χ2v) is 3.28. The van der Waals surface area contributed by atoms with Crippen LogP contribution in [0, 0.1) is 0 Å². The third-order valence-electron chi connectivity index (χ3n) is 1.96. The molecule has 1 atom stereocenters. The van der Waals surface area contributed by atoms with Gasteiger partial charge in [-0.15, -0.1) is 0 Å². The molecule has 1 unspecified atom stereocenters. The number of aliphatic hydroxyl groups is 1. The van der Waals surface area contributed by atoms with Crippen LogP contribution in [0.2, 0.25) is 0 Å². The van der Waals surface area contributed by atoms with Gasteiger partial charge in [-0.3, -0.25) is 0 Å². The molecule has 84 valence electrons. The molecule has 1 aromatic rings. The highest BCUT2D eigenvalue weighted by Gasteiger charge is 2.02. The first-order valence-electron chi connectivity index (χ1n) is 4.95. The minimum atomic E-state index is -0.395. The smallest absolute Gasteiger partial charge is 0.115 e. The molecule has 0 aliphatic heterocycles. The van der Waals surface area contributed by atoms with Gasteiger partial charge in [0.05, 0.1) is 18.4 Å². The van der Waals surface area contributed by atoms with E-state index in [0.717, 1.165) is 12.2 Å². The van der Waals surface area contributed by atoms with E-state index >= 15 is 0 Å². The molecular weight excluding hydrogens is 194 g/mol. The van der Waals surface area contributed by atoms with E-state index in [1.54, 1.807) is 13.3 Å². The summed E-state index contributed by atoms with van der Waals surface area (Å²) in [7, 11) is 1.58. The van der Waals surface area contributed by atoms with Crippen molar-refractivity contribution in [3.05, 3.63) is 24.3 Å². The summed E-state index contributed by atoms with van der Waals surface area (Å²) in [5.74, 6) is 0. The Morgan fingerprint density at radius 3 is 3.13 bits per heavy atom. The lowest BCUT2D eigenvalue weighted by molar-refractivity contribution is 0.0594. The number of rotatable bonds is 7. The molecule has 15 heavy (non-hydrogen) atoms. The molecule has 1 rings (SSSR count). The first-order chi connectivity index (χ1) is 7.33. The maximum atomic E-state index is 9.36. The summed E-state index contributed by atoms with van der Waals surface area (Å²) in [6.07, 6.45) is 3.52. The van der Waals surface area contributed by atoms with Crippen molar-refractivity contribution in [1.82, 2.24) is 15.3 Å². The third kappa shape index (κ3) is 5.41. The van der Waals surface area contributed by atoms with Crippen molar-refractivity contribution in [2.45, 2.75) is 19.1 Å². The van der Waals surface area contributed by atoms with E-state index in [0.29, 0.717) is 19.6 Å². The fraction of sp³-hybridized carbons (Fsp3) is 0.600. The van der Waals surface area contributed by atoms with Crippen molar-refractivity contribution in [2.24, 2.45) is 0 Å². The normalized spacial score (nSPS) is 12.7. The maximum absolute atomic E-state index is 9.36. The second-order valence-electron chi connectivity index (χ2n) is 3.28. The SMILES string of the molecule is COCC(O)CCNCc1ccncn1. The number of nitrogens with one attached hydrogen (secondary N) is 1. The van der Waals surface area contributed by atoms with E-state index < -0.39 is 6.10 Å². The molecule has 0 aromatic carbocycles. The Bertz CT molecular complexity index is 256. The van der Waals surface area contributed by atoms with Crippen molar-refractivity contribution >= 4 is 0 Å². The van der Waals surface area contributed by atoms with Crippen LogP contribution in [0.3, 0.4) is 0 Å². The minimum absolute atomic E-state index is 0.384. The first-order valence-corrected chi connectivity index (χ1v) is 4.95. The van der Waals surface area contributed by atoms with Crippen LogP contribution in [0.25, 0.3) is 0 Å². The highest BCUT2D eigenvalue weighted by molar-refractivity contribution is 4.96. The van der Waals surface area contributed by atoms with Gasteiger partial charge >= 0.3 is 0 Å². The van der Waals surface area contributed by atoms with Crippen LogP contribution in [0.5, 0.6) is 0 Å². The van der Waals surface area contributed by atoms with Crippen LogP contribution in [0.1, 0.15) is 12.1 Å². The van der Waals surface area contributed by atoms with Gasteiger partial charge in [0.15, 0.2) is 0 Å². The summed E-state index contributed by atoms with van der Waals surface area (Å²) in [6, 6.07) is 1.86. The Morgan fingerprint density at radius 1 is 1.60 bits per heavy atom. The molecule has 2 N–H and O–H groups in total. The average Bonchev–Trinajstić information content (AvgIpc) is 2.26. The van der Waals surface area contributed by atoms with Gasteiger partial charge in [-0.25, -0.2) is 9.97 Å². The summed E-state index contributed by atoms with van der Waals surface area (Å²) in [5, 5.41) is 12.5. The van der Waals surface area contributed by atoms with Gasteiger partial charge < -0.3 is 15.2 Å². The third-order valence-corrected chi connectivity index (χ3v) is 1.96. The topological polar surface area (TPSA) is 67.3 Å². The van der Waals surface area contributed by atoms with Crippen LogP contribution >= 0.6 is 0 Å². The van der Waals surface area contributed by atoms with E-state index in [9.17, 15) is 5.11 Å². The predicted octanol–water partition coefficient (Wildman–Crippen LogP) is -0.0364. The van der Waals surface area contributed by atoms with Gasteiger partial charge in [-0.2, -0.15) is 0 Å². The summed E-state index contributed by atoms with van der Waals surface area (Å²) in [6.45, 7) is 1.83. The molecule has 0 bridgehead atoms. The number of hydrogen-bond donors (Lipinski definition) is 2. The van der Waals surface area contributed by atoms with E-state index in [1.165, 1.54) is 6.33 Å². The molecule has 0 amide bonds. The summed E-state index contributed by atoms with van der Waals surface area (Å²) in [5.41, 5.74) is 0.950. The highest BCUT2D eigenvalue weighted by atomic mass is 16.5. The van der Waals surface area contributed by atoms with Gasteiger partial charge in [-0.1, -0.05) is 0 Å². The minimum Gasteiger partial charge on any atom is -0.391 e. The number of aromatic nitrogens is 2. The zero-order valence-electron chi connectivity index (χ0n) is 8.89. The lowest BCUT2D eigenvalue weighted by atomic mass is 10.2. The second kappa shape index (κ2) is 7.28. The van der Waals surface area contributed by atoms with Crippen LogP contribution in [-0.2, 0) is 11.3 Å². The summed E-state index contributed by atoms with van der Waals surface area (Å²) < 4.78 is 4.82.